The second kappa shape index (κ2) is 5.16. The van der Waals surface area contributed by atoms with Gasteiger partial charge in [-0.3, -0.25) is 4.79 Å². The summed E-state index contributed by atoms with van der Waals surface area (Å²) in [5, 5.41) is 9.06. The maximum absolute atomic E-state index is 12.3. The predicted molar refractivity (Wildman–Crippen MR) is 66.5 cm³/mol. The second-order valence-electron chi connectivity index (χ2n) is 4.25. The van der Waals surface area contributed by atoms with Crippen LogP contribution in [0.15, 0.2) is 6.07 Å². The van der Waals surface area contributed by atoms with Gasteiger partial charge in [0.1, 0.15) is 0 Å². The SMILES string of the molecule is Cc1cc(C(=O)N2CCOC(CO)C2)c(C)s1. The first kappa shape index (κ1) is 12.5. The van der Waals surface area contributed by atoms with Crippen molar-refractivity contribution in [1.29, 1.82) is 0 Å². The molecule has 0 spiro atoms. The third-order valence-corrected chi connectivity index (χ3v) is 3.87. The van der Waals surface area contributed by atoms with Crippen molar-refractivity contribution in [1.82, 2.24) is 4.90 Å². The number of ether oxygens (including phenoxy) is 1. The van der Waals surface area contributed by atoms with Crippen LogP contribution in [0.25, 0.3) is 0 Å². The molecule has 1 aromatic rings. The van der Waals surface area contributed by atoms with Gasteiger partial charge in [0.05, 0.1) is 24.9 Å². The summed E-state index contributed by atoms with van der Waals surface area (Å²) in [6.07, 6.45) is -0.243. The number of carbonyl (C=O) groups is 1. The van der Waals surface area contributed by atoms with E-state index in [0.29, 0.717) is 19.7 Å². The van der Waals surface area contributed by atoms with Crippen LogP contribution in [0.5, 0.6) is 0 Å². The largest absolute Gasteiger partial charge is 0.394 e. The molecule has 1 fully saturated rings. The van der Waals surface area contributed by atoms with Crippen LogP contribution >= 0.6 is 11.3 Å². The van der Waals surface area contributed by atoms with Crippen molar-refractivity contribution < 1.29 is 14.6 Å². The fourth-order valence-electron chi connectivity index (χ4n) is 2.03. The molecule has 94 valence electrons. The summed E-state index contributed by atoms with van der Waals surface area (Å²) in [6, 6.07) is 1.94. The van der Waals surface area contributed by atoms with E-state index in [1.807, 2.05) is 19.9 Å². The number of aliphatic hydroxyl groups is 1. The van der Waals surface area contributed by atoms with E-state index in [4.69, 9.17) is 9.84 Å². The van der Waals surface area contributed by atoms with Crippen molar-refractivity contribution in [3.8, 4) is 0 Å². The highest BCUT2D eigenvalue weighted by molar-refractivity contribution is 7.12. The van der Waals surface area contributed by atoms with Gasteiger partial charge in [-0.1, -0.05) is 0 Å². The molecule has 2 heterocycles. The van der Waals surface area contributed by atoms with E-state index < -0.39 is 0 Å². The first-order valence-corrected chi connectivity index (χ1v) is 6.52. The van der Waals surface area contributed by atoms with Crippen molar-refractivity contribution in [3.05, 3.63) is 21.4 Å². The molecule has 0 saturated carbocycles. The van der Waals surface area contributed by atoms with Gasteiger partial charge in [0.25, 0.3) is 5.91 Å². The van der Waals surface area contributed by atoms with Crippen molar-refractivity contribution in [2.24, 2.45) is 0 Å². The van der Waals surface area contributed by atoms with E-state index in [2.05, 4.69) is 0 Å². The molecule has 1 atom stereocenters. The summed E-state index contributed by atoms with van der Waals surface area (Å²) < 4.78 is 5.34. The van der Waals surface area contributed by atoms with Crippen molar-refractivity contribution >= 4 is 17.2 Å². The van der Waals surface area contributed by atoms with Crippen LogP contribution in [0.3, 0.4) is 0 Å². The molecule has 0 bridgehead atoms. The Kier molecular flexibility index (Phi) is 3.81. The second-order valence-corrected chi connectivity index (χ2v) is 5.71. The minimum atomic E-state index is -0.243. The Hall–Kier alpha value is -0.910. The Labute approximate surface area is 105 Å². The third-order valence-electron chi connectivity index (χ3n) is 2.90. The maximum atomic E-state index is 12.3. The molecule has 17 heavy (non-hydrogen) atoms. The Bertz CT molecular complexity index is 416. The van der Waals surface area contributed by atoms with E-state index in [9.17, 15) is 4.79 Å². The smallest absolute Gasteiger partial charge is 0.255 e. The zero-order valence-electron chi connectivity index (χ0n) is 10.1. The quantitative estimate of drug-likeness (QED) is 0.864. The first-order chi connectivity index (χ1) is 8.11. The van der Waals surface area contributed by atoms with Crippen LogP contribution in [0.1, 0.15) is 20.1 Å². The molecule has 1 aliphatic rings. The summed E-state index contributed by atoms with van der Waals surface area (Å²) in [6.45, 7) is 5.51. The molecule has 2 rings (SSSR count). The number of thiophene rings is 1. The number of morpholine rings is 1. The van der Waals surface area contributed by atoms with Crippen LogP contribution in [0.2, 0.25) is 0 Å². The topological polar surface area (TPSA) is 49.8 Å². The highest BCUT2D eigenvalue weighted by Gasteiger charge is 2.25. The highest BCUT2D eigenvalue weighted by Crippen LogP contribution is 2.22. The Morgan fingerprint density at radius 2 is 2.41 bits per heavy atom. The molecule has 1 N–H and O–H groups in total. The fraction of sp³-hybridized carbons (Fsp3) is 0.583. The van der Waals surface area contributed by atoms with Crippen LogP contribution in [0.4, 0.5) is 0 Å². The number of carbonyl (C=O) groups excluding carboxylic acids is 1. The van der Waals surface area contributed by atoms with Crippen molar-refractivity contribution in [3.63, 3.8) is 0 Å². The Morgan fingerprint density at radius 3 is 3.00 bits per heavy atom. The minimum absolute atomic E-state index is 0.0363. The predicted octanol–water partition coefficient (Wildman–Crippen LogP) is 1.20. The lowest BCUT2D eigenvalue weighted by Crippen LogP contribution is -2.46. The van der Waals surface area contributed by atoms with Gasteiger partial charge in [0, 0.05) is 22.8 Å². The lowest BCUT2D eigenvalue weighted by Gasteiger charge is -2.32. The van der Waals surface area contributed by atoms with E-state index in [1.165, 1.54) is 0 Å². The number of aliphatic hydroxyl groups excluding tert-OH is 1. The number of rotatable bonds is 2. The molecule has 1 amide bonds. The van der Waals surface area contributed by atoms with Gasteiger partial charge in [0.15, 0.2) is 0 Å². The molecule has 4 nitrogen and oxygen atoms in total. The van der Waals surface area contributed by atoms with Gasteiger partial charge in [0.2, 0.25) is 0 Å². The first-order valence-electron chi connectivity index (χ1n) is 5.70. The van der Waals surface area contributed by atoms with Gasteiger partial charge < -0.3 is 14.7 Å². The van der Waals surface area contributed by atoms with Crippen LogP contribution in [0, 0.1) is 13.8 Å². The summed E-state index contributed by atoms with van der Waals surface area (Å²) in [4.78, 5) is 16.3. The number of hydrogen-bond donors (Lipinski definition) is 1. The average molecular weight is 255 g/mol. The number of amides is 1. The van der Waals surface area contributed by atoms with E-state index in [-0.39, 0.29) is 18.6 Å². The van der Waals surface area contributed by atoms with Gasteiger partial charge >= 0.3 is 0 Å². The third kappa shape index (κ3) is 2.68. The summed E-state index contributed by atoms with van der Waals surface area (Å²) in [5.41, 5.74) is 0.783. The lowest BCUT2D eigenvalue weighted by molar-refractivity contribution is -0.0447. The van der Waals surface area contributed by atoms with E-state index in [1.54, 1.807) is 16.2 Å². The molecule has 1 unspecified atom stereocenters. The van der Waals surface area contributed by atoms with Gasteiger partial charge in [-0.2, -0.15) is 0 Å². The van der Waals surface area contributed by atoms with Crippen molar-refractivity contribution in [2.75, 3.05) is 26.3 Å². The molecule has 1 aliphatic heterocycles. The van der Waals surface area contributed by atoms with Gasteiger partial charge in [-0.05, 0) is 19.9 Å². The molecule has 1 aromatic heterocycles. The molecular formula is C12H17NO3S. The summed E-state index contributed by atoms with van der Waals surface area (Å²) in [5.74, 6) is 0.0496. The lowest BCUT2D eigenvalue weighted by atomic mass is 10.2. The normalized spacial score (nSPS) is 20.6. The molecule has 0 radical (unpaired) electrons. The van der Waals surface area contributed by atoms with Crippen LogP contribution in [-0.2, 0) is 4.74 Å². The minimum Gasteiger partial charge on any atom is -0.394 e. The standard InChI is InChI=1S/C12H17NO3S/c1-8-5-11(9(2)17-8)12(15)13-3-4-16-10(6-13)7-14/h5,10,14H,3-4,6-7H2,1-2H3. The zero-order chi connectivity index (χ0) is 12.4. The number of nitrogens with zero attached hydrogens (tertiary/aromatic N) is 1. The summed E-state index contributed by atoms with van der Waals surface area (Å²) >= 11 is 1.64. The van der Waals surface area contributed by atoms with E-state index in [0.717, 1.165) is 15.3 Å². The average Bonchev–Trinajstić information content (AvgIpc) is 2.67. The van der Waals surface area contributed by atoms with Crippen molar-refractivity contribution in [2.45, 2.75) is 20.0 Å². The maximum Gasteiger partial charge on any atom is 0.255 e. The molecule has 0 aliphatic carbocycles. The number of hydrogen-bond acceptors (Lipinski definition) is 4. The number of aryl methyl sites for hydroxylation is 2. The van der Waals surface area contributed by atoms with E-state index >= 15 is 0 Å². The van der Waals surface area contributed by atoms with Crippen LogP contribution in [-0.4, -0.2) is 48.3 Å². The molecular weight excluding hydrogens is 238 g/mol. The Balaban J connectivity index is 2.12. The van der Waals surface area contributed by atoms with Crippen LogP contribution < -0.4 is 0 Å². The monoisotopic (exact) mass is 255 g/mol. The summed E-state index contributed by atoms with van der Waals surface area (Å²) in [7, 11) is 0. The molecule has 0 aromatic carbocycles. The molecule has 5 heteroatoms. The Morgan fingerprint density at radius 1 is 1.65 bits per heavy atom. The highest BCUT2D eigenvalue weighted by atomic mass is 32.1. The zero-order valence-corrected chi connectivity index (χ0v) is 10.9. The van der Waals surface area contributed by atoms with Gasteiger partial charge in [-0.15, -0.1) is 11.3 Å². The fourth-order valence-corrected chi connectivity index (χ4v) is 2.94. The molecule has 1 saturated heterocycles. The van der Waals surface area contributed by atoms with Gasteiger partial charge in [-0.25, -0.2) is 0 Å².